The maximum atomic E-state index is 13.7. The molecule has 0 spiro atoms. The number of carbonyl (C=O) groups excluding carboxylic acids is 4. The van der Waals surface area contributed by atoms with Gasteiger partial charge >= 0.3 is 12.1 Å². The number of amides is 3. The van der Waals surface area contributed by atoms with Gasteiger partial charge in [0.2, 0.25) is 11.8 Å². The molecule has 40 heavy (non-hydrogen) atoms. The summed E-state index contributed by atoms with van der Waals surface area (Å²) in [6.45, 7) is 3.01. The molecule has 0 bridgehead atoms. The van der Waals surface area contributed by atoms with Crippen molar-refractivity contribution in [2.75, 3.05) is 19.7 Å². The van der Waals surface area contributed by atoms with Crippen LogP contribution in [0.5, 0.6) is 0 Å². The Kier molecular flexibility index (Phi) is 8.44. The average Bonchev–Trinajstić information content (AvgIpc) is 3.48. The number of hydrogen-bond acceptors (Lipinski definition) is 7. The van der Waals surface area contributed by atoms with Crippen LogP contribution in [-0.4, -0.2) is 77.1 Å². The molecule has 4 aliphatic rings. The van der Waals surface area contributed by atoms with Crippen molar-refractivity contribution < 1.29 is 28.7 Å². The van der Waals surface area contributed by atoms with E-state index in [4.69, 9.17) is 15.2 Å². The molecule has 1 aromatic rings. The number of carbonyl (C=O) groups is 4. The zero-order valence-corrected chi connectivity index (χ0v) is 23.2. The fraction of sp³-hybridized carbons (Fsp3) is 0.600. The average molecular weight is 553 g/mol. The standard InChI is InChI=1S/C30H40N4O6/c1-2-39-28(37)30-17-22(30)12-6-4-3-5-7-13-24(31)27(36)34-19-23(16-25(34)26(35)32-30)40-29(38)33-15-14-20-10-8-9-11-21(20)18-33/h6,8-12,22-25H,2-5,7,13-19,31H2,1H3,(H,32,35)/b12-6-. The Balaban J connectivity index is 1.32. The third-order valence-corrected chi connectivity index (χ3v) is 8.58. The summed E-state index contributed by atoms with van der Waals surface area (Å²) >= 11 is 0. The van der Waals surface area contributed by atoms with E-state index in [1.165, 1.54) is 10.5 Å². The lowest BCUT2D eigenvalue weighted by molar-refractivity contribution is -0.150. The molecule has 216 valence electrons. The largest absolute Gasteiger partial charge is 0.464 e. The van der Waals surface area contributed by atoms with E-state index in [0.717, 1.165) is 37.7 Å². The monoisotopic (exact) mass is 552 g/mol. The minimum Gasteiger partial charge on any atom is -0.464 e. The molecule has 5 unspecified atom stereocenters. The van der Waals surface area contributed by atoms with E-state index in [-0.39, 0.29) is 31.4 Å². The molecule has 5 rings (SSSR count). The topological polar surface area (TPSA) is 131 Å². The second-order valence-electron chi connectivity index (χ2n) is 11.4. The number of fused-ring (bicyclic) bond motifs is 3. The lowest BCUT2D eigenvalue weighted by Gasteiger charge is -2.29. The van der Waals surface area contributed by atoms with Crippen molar-refractivity contribution in [3.8, 4) is 0 Å². The zero-order valence-electron chi connectivity index (χ0n) is 23.2. The first-order valence-electron chi connectivity index (χ1n) is 14.6. The number of rotatable bonds is 3. The third kappa shape index (κ3) is 5.87. The van der Waals surface area contributed by atoms with Crippen LogP contribution in [0.1, 0.15) is 63.0 Å². The van der Waals surface area contributed by atoms with E-state index in [0.29, 0.717) is 25.9 Å². The number of benzene rings is 1. The molecule has 1 saturated carbocycles. The lowest BCUT2D eigenvalue weighted by Crippen LogP contribution is -2.55. The van der Waals surface area contributed by atoms with Gasteiger partial charge in [-0.2, -0.15) is 0 Å². The predicted octanol–water partition coefficient (Wildman–Crippen LogP) is 2.44. The highest BCUT2D eigenvalue weighted by Gasteiger charge is 2.62. The van der Waals surface area contributed by atoms with E-state index in [1.807, 2.05) is 24.3 Å². The summed E-state index contributed by atoms with van der Waals surface area (Å²) in [7, 11) is 0. The van der Waals surface area contributed by atoms with Crippen molar-refractivity contribution in [2.45, 2.75) is 88.6 Å². The van der Waals surface area contributed by atoms with Gasteiger partial charge in [0.05, 0.1) is 19.2 Å². The molecule has 3 N–H and O–H groups in total. The highest BCUT2D eigenvalue weighted by molar-refractivity contribution is 5.96. The van der Waals surface area contributed by atoms with Crippen LogP contribution >= 0.6 is 0 Å². The van der Waals surface area contributed by atoms with Crippen LogP contribution in [0, 0.1) is 5.92 Å². The van der Waals surface area contributed by atoms with Crippen molar-refractivity contribution in [1.29, 1.82) is 0 Å². The second-order valence-corrected chi connectivity index (χ2v) is 11.4. The number of nitrogens with two attached hydrogens (primary N) is 1. The van der Waals surface area contributed by atoms with Gasteiger partial charge < -0.3 is 30.3 Å². The van der Waals surface area contributed by atoms with E-state index >= 15 is 0 Å². The Morgan fingerprint density at radius 3 is 2.75 bits per heavy atom. The van der Waals surface area contributed by atoms with Gasteiger partial charge in [0, 0.05) is 25.4 Å². The number of nitrogens with zero attached hydrogens (tertiary/aromatic N) is 2. The van der Waals surface area contributed by atoms with Crippen LogP contribution in [0.3, 0.4) is 0 Å². The predicted molar refractivity (Wildman–Crippen MR) is 147 cm³/mol. The molecule has 2 fully saturated rings. The number of ether oxygens (including phenoxy) is 2. The summed E-state index contributed by atoms with van der Waals surface area (Å²) in [6.07, 6.45) is 8.30. The molecule has 1 aromatic carbocycles. The van der Waals surface area contributed by atoms with Crippen molar-refractivity contribution in [3.63, 3.8) is 0 Å². The number of allylic oxidation sites excluding steroid dienone is 1. The minimum absolute atomic E-state index is 0.0799. The molecule has 3 aliphatic heterocycles. The van der Waals surface area contributed by atoms with Crippen LogP contribution < -0.4 is 11.1 Å². The summed E-state index contributed by atoms with van der Waals surface area (Å²) in [5.74, 6) is -1.42. The summed E-state index contributed by atoms with van der Waals surface area (Å²) in [6, 6.07) is 6.36. The van der Waals surface area contributed by atoms with Gasteiger partial charge in [-0.25, -0.2) is 9.59 Å². The fourth-order valence-corrected chi connectivity index (χ4v) is 6.16. The van der Waals surface area contributed by atoms with Gasteiger partial charge in [-0.3, -0.25) is 9.59 Å². The molecule has 5 atom stereocenters. The molecule has 0 radical (unpaired) electrons. The van der Waals surface area contributed by atoms with Crippen molar-refractivity contribution in [3.05, 3.63) is 47.5 Å². The van der Waals surface area contributed by atoms with Crippen LogP contribution in [0.2, 0.25) is 0 Å². The second kappa shape index (κ2) is 12.0. The van der Waals surface area contributed by atoms with Crippen LogP contribution in [0.25, 0.3) is 0 Å². The van der Waals surface area contributed by atoms with Gasteiger partial charge in [-0.15, -0.1) is 0 Å². The molecule has 0 aromatic heterocycles. The summed E-state index contributed by atoms with van der Waals surface area (Å²) in [5, 5.41) is 2.93. The first-order valence-corrected chi connectivity index (χ1v) is 14.6. The Bertz CT molecular complexity index is 1170. The van der Waals surface area contributed by atoms with E-state index in [2.05, 4.69) is 17.5 Å². The Labute approximate surface area is 235 Å². The smallest absolute Gasteiger partial charge is 0.410 e. The Morgan fingerprint density at radius 2 is 1.95 bits per heavy atom. The summed E-state index contributed by atoms with van der Waals surface area (Å²) in [5.41, 5.74) is 7.46. The van der Waals surface area contributed by atoms with Crippen LogP contribution in [0.15, 0.2) is 36.4 Å². The number of esters is 1. The molecular weight excluding hydrogens is 512 g/mol. The zero-order chi connectivity index (χ0) is 28.3. The molecule has 3 amide bonds. The van der Waals surface area contributed by atoms with E-state index < -0.39 is 41.7 Å². The lowest BCUT2D eigenvalue weighted by atomic mass is 10.0. The van der Waals surface area contributed by atoms with Gasteiger partial charge in [0.15, 0.2) is 0 Å². The fourth-order valence-electron chi connectivity index (χ4n) is 6.16. The van der Waals surface area contributed by atoms with Gasteiger partial charge in [0.1, 0.15) is 17.7 Å². The normalized spacial score (nSPS) is 31.4. The van der Waals surface area contributed by atoms with Gasteiger partial charge in [0.25, 0.3) is 0 Å². The Hall–Kier alpha value is -3.40. The molecular formula is C30H40N4O6. The van der Waals surface area contributed by atoms with Gasteiger partial charge in [-0.05, 0) is 50.2 Å². The molecule has 10 nitrogen and oxygen atoms in total. The third-order valence-electron chi connectivity index (χ3n) is 8.58. The van der Waals surface area contributed by atoms with Crippen molar-refractivity contribution in [1.82, 2.24) is 15.1 Å². The van der Waals surface area contributed by atoms with Gasteiger partial charge in [-0.1, -0.05) is 49.3 Å². The quantitative estimate of drug-likeness (QED) is 0.435. The molecule has 1 saturated heterocycles. The van der Waals surface area contributed by atoms with Crippen LogP contribution in [0.4, 0.5) is 4.79 Å². The summed E-state index contributed by atoms with van der Waals surface area (Å²) in [4.78, 5) is 56.3. The maximum absolute atomic E-state index is 13.7. The minimum atomic E-state index is -1.14. The Morgan fingerprint density at radius 1 is 1.15 bits per heavy atom. The SMILES string of the molecule is CCOC(=O)C12CC1/C=C\CCCCCC(N)C(=O)N1CC(OC(=O)N3CCc4ccccc4C3)CC1C(=O)N2. The van der Waals surface area contributed by atoms with Crippen molar-refractivity contribution >= 4 is 23.9 Å². The first-order chi connectivity index (χ1) is 19.3. The van der Waals surface area contributed by atoms with E-state index in [9.17, 15) is 19.2 Å². The van der Waals surface area contributed by atoms with Crippen molar-refractivity contribution in [2.24, 2.45) is 11.7 Å². The molecule has 3 heterocycles. The van der Waals surface area contributed by atoms with Crippen LogP contribution in [-0.2, 0) is 36.8 Å². The first kappa shape index (κ1) is 28.1. The maximum Gasteiger partial charge on any atom is 0.410 e. The molecule has 10 heteroatoms. The molecule has 1 aliphatic carbocycles. The number of hydrogen-bond donors (Lipinski definition) is 2. The number of nitrogens with one attached hydrogen (secondary N) is 1. The summed E-state index contributed by atoms with van der Waals surface area (Å²) < 4.78 is 11.2. The van der Waals surface area contributed by atoms with E-state index in [1.54, 1.807) is 11.8 Å². The highest BCUT2D eigenvalue weighted by Crippen LogP contribution is 2.46. The highest BCUT2D eigenvalue weighted by atomic mass is 16.6.